The van der Waals surface area contributed by atoms with Gasteiger partial charge < -0.3 is 10.3 Å². The largest absolute Gasteiger partial charge is 0.355 e. The Bertz CT molecular complexity index is 794. The molecule has 2 aromatic carbocycles. The zero-order valence-electron chi connectivity index (χ0n) is 11.6. The van der Waals surface area contributed by atoms with Crippen molar-refractivity contribution in [3.63, 3.8) is 0 Å². The number of benzene rings is 2. The summed E-state index contributed by atoms with van der Waals surface area (Å²) in [6, 6.07) is 15.0. The molecule has 0 atom stereocenters. The first kappa shape index (κ1) is 13.2. The van der Waals surface area contributed by atoms with Crippen LogP contribution in [-0.2, 0) is 6.42 Å². The summed E-state index contributed by atoms with van der Waals surface area (Å²) in [6.45, 7) is 2.01. The van der Waals surface area contributed by atoms with Crippen molar-refractivity contribution in [1.29, 1.82) is 0 Å². The number of anilines is 2. The van der Waals surface area contributed by atoms with Crippen molar-refractivity contribution in [2.75, 3.05) is 5.32 Å². The van der Waals surface area contributed by atoms with E-state index in [9.17, 15) is 10.1 Å². The minimum absolute atomic E-state index is 0.100. The average Bonchev–Trinajstić information content (AvgIpc) is 2.93. The third kappa shape index (κ3) is 2.45. The van der Waals surface area contributed by atoms with Crippen LogP contribution in [0.5, 0.6) is 0 Å². The molecule has 0 aliphatic rings. The third-order valence-corrected chi connectivity index (χ3v) is 3.46. The van der Waals surface area contributed by atoms with Crippen LogP contribution in [-0.4, -0.2) is 9.91 Å². The molecule has 0 saturated carbocycles. The van der Waals surface area contributed by atoms with Crippen LogP contribution in [0.2, 0.25) is 0 Å². The van der Waals surface area contributed by atoms with Gasteiger partial charge in [-0.05, 0) is 30.7 Å². The second kappa shape index (κ2) is 5.28. The van der Waals surface area contributed by atoms with Gasteiger partial charge in [0.2, 0.25) is 0 Å². The number of hydrogen-bond donors (Lipinski definition) is 2. The predicted molar refractivity (Wildman–Crippen MR) is 84.1 cm³/mol. The first-order valence-electron chi connectivity index (χ1n) is 6.80. The molecule has 5 heteroatoms. The second-order valence-electron chi connectivity index (χ2n) is 4.82. The Labute approximate surface area is 121 Å². The maximum absolute atomic E-state index is 11.1. The summed E-state index contributed by atoms with van der Waals surface area (Å²) < 4.78 is 0. The number of hydrogen-bond acceptors (Lipinski definition) is 3. The van der Waals surface area contributed by atoms with E-state index in [4.69, 9.17) is 0 Å². The summed E-state index contributed by atoms with van der Waals surface area (Å²) in [5, 5.41) is 15.3. The molecule has 0 spiro atoms. The maximum atomic E-state index is 11.1. The number of H-pyrrole nitrogens is 1. The number of non-ortho nitro benzene ring substituents is 1. The molecule has 1 heterocycles. The van der Waals surface area contributed by atoms with E-state index in [0.717, 1.165) is 28.9 Å². The van der Waals surface area contributed by atoms with Crippen LogP contribution in [0.15, 0.2) is 48.5 Å². The summed E-state index contributed by atoms with van der Waals surface area (Å²) >= 11 is 0. The number of rotatable bonds is 4. The molecular weight excluding hydrogens is 266 g/mol. The molecule has 2 N–H and O–H groups in total. The lowest BCUT2D eigenvalue weighted by atomic mass is 10.1. The Morgan fingerprint density at radius 3 is 2.62 bits per heavy atom. The summed E-state index contributed by atoms with van der Waals surface area (Å²) in [5.74, 6) is 0. The molecule has 0 amide bonds. The fourth-order valence-electron chi connectivity index (χ4n) is 2.39. The number of nitrogens with one attached hydrogen (secondary N) is 2. The van der Waals surface area contributed by atoms with Gasteiger partial charge in [0, 0.05) is 28.5 Å². The van der Waals surface area contributed by atoms with Crippen molar-refractivity contribution in [3.8, 4) is 0 Å². The Kier molecular flexibility index (Phi) is 3.31. The number of aryl methyl sites for hydroxylation is 1. The lowest BCUT2D eigenvalue weighted by Gasteiger charge is -2.07. The van der Waals surface area contributed by atoms with E-state index in [1.807, 2.05) is 43.3 Å². The molecule has 21 heavy (non-hydrogen) atoms. The lowest BCUT2D eigenvalue weighted by Crippen LogP contribution is -1.94. The molecular formula is C16H15N3O2. The number of nitrogens with zero attached hydrogens (tertiary/aromatic N) is 1. The zero-order valence-corrected chi connectivity index (χ0v) is 11.6. The normalized spacial score (nSPS) is 10.7. The molecule has 0 bridgehead atoms. The number of fused-ring (bicyclic) bond motifs is 1. The van der Waals surface area contributed by atoms with Crippen molar-refractivity contribution in [2.24, 2.45) is 0 Å². The highest BCUT2D eigenvalue weighted by molar-refractivity contribution is 5.99. The van der Waals surface area contributed by atoms with Crippen molar-refractivity contribution in [1.82, 2.24) is 4.98 Å². The van der Waals surface area contributed by atoms with Crippen LogP contribution in [0.25, 0.3) is 10.9 Å². The number of nitro groups is 1. The zero-order chi connectivity index (χ0) is 14.8. The lowest BCUT2D eigenvalue weighted by molar-refractivity contribution is -0.383. The van der Waals surface area contributed by atoms with Crippen LogP contribution < -0.4 is 5.32 Å². The maximum Gasteiger partial charge on any atom is 0.293 e. The van der Waals surface area contributed by atoms with Gasteiger partial charge >= 0.3 is 0 Å². The van der Waals surface area contributed by atoms with Crippen molar-refractivity contribution in [2.45, 2.75) is 13.3 Å². The van der Waals surface area contributed by atoms with E-state index in [-0.39, 0.29) is 10.6 Å². The number of aromatic nitrogens is 1. The van der Waals surface area contributed by atoms with Gasteiger partial charge in [0.1, 0.15) is 5.52 Å². The number of para-hydroxylation sites is 1. The van der Waals surface area contributed by atoms with Gasteiger partial charge in [-0.1, -0.05) is 25.1 Å². The molecule has 0 radical (unpaired) electrons. The van der Waals surface area contributed by atoms with E-state index in [1.54, 1.807) is 6.07 Å². The van der Waals surface area contributed by atoms with Gasteiger partial charge in [-0.2, -0.15) is 0 Å². The van der Waals surface area contributed by atoms with Crippen LogP contribution in [0, 0.1) is 10.1 Å². The third-order valence-electron chi connectivity index (χ3n) is 3.46. The van der Waals surface area contributed by atoms with Gasteiger partial charge in [0.05, 0.1) is 4.92 Å². The highest BCUT2D eigenvalue weighted by Crippen LogP contribution is 2.33. The highest BCUT2D eigenvalue weighted by atomic mass is 16.6. The van der Waals surface area contributed by atoms with Crippen LogP contribution in [0.4, 0.5) is 17.1 Å². The quantitative estimate of drug-likeness (QED) is 0.550. The van der Waals surface area contributed by atoms with Gasteiger partial charge in [0.15, 0.2) is 0 Å². The number of aromatic amines is 1. The van der Waals surface area contributed by atoms with E-state index in [0.29, 0.717) is 5.52 Å². The second-order valence-corrected chi connectivity index (χ2v) is 4.82. The first-order chi connectivity index (χ1) is 10.2. The Morgan fingerprint density at radius 2 is 1.95 bits per heavy atom. The predicted octanol–water partition coefficient (Wildman–Crippen LogP) is 4.38. The SMILES string of the molecule is CCc1cc2c(Nc3ccccc3)ccc([N+](=O)[O-])c2[nH]1. The van der Waals surface area contributed by atoms with E-state index in [2.05, 4.69) is 10.3 Å². The average molecular weight is 281 g/mol. The van der Waals surface area contributed by atoms with E-state index >= 15 is 0 Å². The standard InChI is InChI=1S/C16H15N3O2/c1-2-11-10-13-14(17-12-6-4-3-5-7-12)8-9-15(19(20)21)16(13)18-11/h3-10,17-18H,2H2,1H3. The molecule has 1 aromatic heterocycles. The van der Waals surface area contributed by atoms with Gasteiger partial charge in [0.25, 0.3) is 5.69 Å². The minimum Gasteiger partial charge on any atom is -0.355 e. The molecule has 3 rings (SSSR count). The topological polar surface area (TPSA) is 71.0 Å². The first-order valence-corrected chi connectivity index (χ1v) is 6.80. The summed E-state index contributed by atoms with van der Waals surface area (Å²) in [6.07, 6.45) is 0.802. The number of nitro benzene ring substituents is 1. The Morgan fingerprint density at radius 1 is 1.19 bits per heavy atom. The minimum atomic E-state index is -0.357. The Balaban J connectivity index is 2.13. The van der Waals surface area contributed by atoms with E-state index < -0.39 is 0 Å². The van der Waals surface area contributed by atoms with Crippen LogP contribution in [0.1, 0.15) is 12.6 Å². The molecule has 3 aromatic rings. The summed E-state index contributed by atoms with van der Waals surface area (Å²) in [5.41, 5.74) is 3.46. The fraction of sp³-hybridized carbons (Fsp3) is 0.125. The highest BCUT2D eigenvalue weighted by Gasteiger charge is 2.17. The fourth-order valence-corrected chi connectivity index (χ4v) is 2.39. The summed E-state index contributed by atoms with van der Waals surface area (Å²) in [7, 11) is 0. The molecule has 0 aliphatic heterocycles. The Hall–Kier alpha value is -2.82. The monoisotopic (exact) mass is 281 g/mol. The molecule has 106 valence electrons. The van der Waals surface area contributed by atoms with Crippen LogP contribution >= 0.6 is 0 Å². The molecule has 5 nitrogen and oxygen atoms in total. The molecule has 0 unspecified atom stereocenters. The van der Waals surface area contributed by atoms with Gasteiger partial charge in [-0.3, -0.25) is 10.1 Å². The van der Waals surface area contributed by atoms with Crippen molar-refractivity contribution < 1.29 is 4.92 Å². The smallest absolute Gasteiger partial charge is 0.293 e. The van der Waals surface area contributed by atoms with E-state index in [1.165, 1.54) is 6.07 Å². The summed E-state index contributed by atoms with van der Waals surface area (Å²) in [4.78, 5) is 13.9. The molecule has 0 fully saturated rings. The van der Waals surface area contributed by atoms with Crippen molar-refractivity contribution >= 4 is 28.0 Å². The van der Waals surface area contributed by atoms with Gasteiger partial charge in [-0.15, -0.1) is 0 Å². The molecule has 0 saturated heterocycles. The van der Waals surface area contributed by atoms with Crippen molar-refractivity contribution in [3.05, 3.63) is 64.3 Å². The van der Waals surface area contributed by atoms with Gasteiger partial charge in [-0.25, -0.2) is 0 Å². The molecule has 0 aliphatic carbocycles. The van der Waals surface area contributed by atoms with Crippen LogP contribution in [0.3, 0.4) is 0 Å².